The van der Waals surface area contributed by atoms with Crippen molar-refractivity contribution >= 4 is 17.7 Å². The van der Waals surface area contributed by atoms with Crippen molar-refractivity contribution in [1.29, 1.82) is 0 Å². The van der Waals surface area contributed by atoms with Gasteiger partial charge in [-0.2, -0.15) is 0 Å². The molecule has 2 heterocycles. The van der Waals surface area contributed by atoms with Gasteiger partial charge in [-0.15, -0.1) is 0 Å². The third-order valence-corrected chi connectivity index (χ3v) is 5.70. The number of benzene rings is 2. The zero-order valence-electron chi connectivity index (χ0n) is 18.5. The normalized spacial score (nSPS) is 20.8. The minimum Gasteiger partial charge on any atom is -0.491 e. The van der Waals surface area contributed by atoms with E-state index in [1.807, 2.05) is 0 Å². The second-order valence-electron chi connectivity index (χ2n) is 8.23. The van der Waals surface area contributed by atoms with Crippen LogP contribution >= 0.6 is 0 Å². The van der Waals surface area contributed by atoms with Crippen molar-refractivity contribution in [3.05, 3.63) is 53.6 Å². The van der Waals surface area contributed by atoms with Crippen molar-refractivity contribution < 1.29 is 33.7 Å². The van der Waals surface area contributed by atoms with Crippen LogP contribution < -0.4 is 19.5 Å². The smallest absolute Gasteiger partial charge is 0.325 e. The summed E-state index contributed by atoms with van der Waals surface area (Å²) in [6.07, 6.45) is -0.343. The first kappa shape index (κ1) is 22.6. The van der Waals surface area contributed by atoms with Gasteiger partial charge in [-0.25, -0.2) is 4.79 Å². The van der Waals surface area contributed by atoms with Crippen LogP contribution in [-0.2, 0) is 10.3 Å². The molecule has 2 aromatic rings. The van der Waals surface area contributed by atoms with Gasteiger partial charge in [0, 0.05) is 12.0 Å². The van der Waals surface area contributed by atoms with Crippen LogP contribution in [0.15, 0.2) is 42.5 Å². The fraction of sp³-hybridized carbons (Fsp3) is 0.375. The maximum atomic E-state index is 13.2. The van der Waals surface area contributed by atoms with E-state index in [-0.39, 0.29) is 18.9 Å². The number of ketones is 1. The van der Waals surface area contributed by atoms with Gasteiger partial charge < -0.3 is 24.6 Å². The number of Topliss-reactive ketones (excluding diaryl/α,β-unsaturated/α-hetero) is 1. The number of nitrogens with zero attached hydrogens (tertiary/aromatic N) is 1. The molecule has 1 fully saturated rings. The number of aliphatic hydroxyl groups is 1. The highest BCUT2D eigenvalue weighted by Crippen LogP contribution is 2.36. The van der Waals surface area contributed by atoms with E-state index in [0.717, 1.165) is 11.3 Å². The molecule has 2 aliphatic heterocycles. The Morgan fingerprint density at radius 3 is 2.55 bits per heavy atom. The van der Waals surface area contributed by atoms with Gasteiger partial charge in [-0.3, -0.25) is 14.5 Å². The zero-order valence-corrected chi connectivity index (χ0v) is 18.5. The molecule has 33 heavy (non-hydrogen) atoms. The lowest BCUT2D eigenvalue weighted by Gasteiger charge is -2.24. The molecule has 0 spiro atoms. The Hall–Kier alpha value is -3.59. The number of urea groups is 1. The molecule has 2 N–H and O–H groups in total. The molecule has 0 bridgehead atoms. The lowest BCUT2D eigenvalue weighted by Crippen LogP contribution is -2.42. The van der Waals surface area contributed by atoms with Crippen LogP contribution in [0.25, 0.3) is 0 Å². The Bertz CT molecular complexity index is 1070. The minimum absolute atomic E-state index is 0.0586. The standard InChI is InChI=1S/C24H26N2O7/c1-15(27)16-4-7-19(8-5-16)33-14-18(28)13-26-22(29)24(2,25-23(26)30)17-6-9-20-21(12-17)32-11-3-10-31-20/h4-9,12,18,28H,3,10-11,13-14H2,1-2H3,(H,25,30). The molecule has 4 rings (SSSR count). The molecule has 2 aliphatic rings. The van der Waals surface area contributed by atoms with Gasteiger partial charge in [0.05, 0.1) is 19.8 Å². The van der Waals surface area contributed by atoms with E-state index >= 15 is 0 Å². The predicted octanol–water partition coefficient (Wildman–Crippen LogP) is 2.26. The topological polar surface area (TPSA) is 114 Å². The number of hydrogen-bond donors (Lipinski definition) is 2. The Morgan fingerprint density at radius 1 is 1.15 bits per heavy atom. The Balaban J connectivity index is 1.41. The first-order chi connectivity index (χ1) is 15.8. The summed E-state index contributed by atoms with van der Waals surface area (Å²) in [5.41, 5.74) is -0.189. The van der Waals surface area contributed by atoms with Gasteiger partial charge in [0.15, 0.2) is 17.3 Å². The molecule has 9 heteroatoms. The van der Waals surface area contributed by atoms with Crippen LogP contribution in [-0.4, -0.2) is 60.2 Å². The number of nitrogens with one attached hydrogen (secondary N) is 1. The quantitative estimate of drug-likeness (QED) is 0.487. The van der Waals surface area contributed by atoms with Crippen molar-refractivity contribution in [3.8, 4) is 17.2 Å². The van der Waals surface area contributed by atoms with E-state index in [1.54, 1.807) is 49.4 Å². The van der Waals surface area contributed by atoms with Crippen molar-refractivity contribution in [2.24, 2.45) is 0 Å². The van der Waals surface area contributed by atoms with E-state index < -0.39 is 23.6 Å². The van der Waals surface area contributed by atoms with Crippen molar-refractivity contribution in [3.63, 3.8) is 0 Å². The summed E-state index contributed by atoms with van der Waals surface area (Å²) >= 11 is 0. The lowest BCUT2D eigenvalue weighted by molar-refractivity contribution is -0.132. The number of rotatable bonds is 7. The van der Waals surface area contributed by atoms with Crippen LogP contribution in [0.5, 0.6) is 17.2 Å². The number of imide groups is 1. The number of carbonyl (C=O) groups is 3. The Morgan fingerprint density at radius 2 is 1.85 bits per heavy atom. The summed E-state index contributed by atoms with van der Waals surface area (Å²) in [5.74, 6) is 1.05. The van der Waals surface area contributed by atoms with Gasteiger partial charge in [-0.05, 0) is 55.8 Å². The second-order valence-corrected chi connectivity index (χ2v) is 8.23. The van der Waals surface area contributed by atoms with Crippen molar-refractivity contribution in [2.75, 3.05) is 26.4 Å². The molecule has 174 valence electrons. The monoisotopic (exact) mass is 454 g/mol. The molecule has 2 unspecified atom stereocenters. The van der Waals surface area contributed by atoms with Gasteiger partial charge in [0.25, 0.3) is 5.91 Å². The molecule has 3 amide bonds. The van der Waals surface area contributed by atoms with E-state index in [1.165, 1.54) is 6.92 Å². The maximum absolute atomic E-state index is 13.2. The van der Waals surface area contributed by atoms with Crippen molar-refractivity contribution in [2.45, 2.75) is 31.9 Å². The number of β-amino-alcohol motifs (C(OH)–C–C–N with tert-alkyl or cyclic N) is 1. The molecule has 0 radical (unpaired) electrons. The minimum atomic E-state index is -1.30. The van der Waals surface area contributed by atoms with Gasteiger partial charge in [0.2, 0.25) is 0 Å². The van der Waals surface area contributed by atoms with Crippen LogP contribution in [0.2, 0.25) is 0 Å². The van der Waals surface area contributed by atoms with Crippen LogP contribution in [0.1, 0.15) is 36.2 Å². The summed E-state index contributed by atoms with van der Waals surface area (Å²) < 4.78 is 16.9. The highest BCUT2D eigenvalue weighted by atomic mass is 16.5. The molecule has 2 atom stereocenters. The van der Waals surface area contributed by atoms with Crippen LogP contribution in [0.3, 0.4) is 0 Å². The fourth-order valence-corrected chi connectivity index (χ4v) is 3.77. The number of carbonyl (C=O) groups excluding carboxylic acids is 3. The number of amides is 3. The maximum Gasteiger partial charge on any atom is 0.325 e. The molecule has 0 aliphatic carbocycles. The molecular formula is C24H26N2O7. The number of fused-ring (bicyclic) bond motifs is 1. The summed E-state index contributed by atoms with van der Waals surface area (Å²) in [4.78, 5) is 38.1. The molecule has 0 saturated carbocycles. The molecule has 1 saturated heterocycles. The third kappa shape index (κ3) is 4.63. The Kier molecular flexibility index (Phi) is 6.24. The second kappa shape index (κ2) is 9.11. The molecule has 0 aromatic heterocycles. The Labute approximate surface area is 191 Å². The first-order valence-electron chi connectivity index (χ1n) is 10.7. The van der Waals surface area contributed by atoms with Gasteiger partial charge >= 0.3 is 6.03 Å². The van der Waals surface area contributed by atoms with Crippen molar-refractivity contribution in [1.82, 2.24) is 10.2 Å². The highest BCUT2D eigenvalue weighted by Gasteiger charge is 2.49. The summed E-state index contributed by atoms with van der Waals surface area (Å²) in [7, 11) is 0. The van der Waals surface area contributed by atoms with E-state index in [0.29, 0.717) is 41.6 Å². The number of aliphatic hydroxyl groups excluding tert-OH is 1. The number of hydrogen-bond acceptors (Lipinski definition) is 7. The third-order valence-electron chi connectivity index (χ3n) is 5.70. The average Bonchev–Trinajstić information content (AvgIpc) is 2.96. The van der Waals surface area contributed by atoms with E-state index in [4.69, 9.17) is 14.2 Å². The predicted molar refractivity (Wildman–Crippen MR) is 118 cm³/mol. The van der Waals surface area contributed by atoms with Gasteiger partial charge in [0.1, 0.15) is 24.0 Å². The fourth-order valence-electron chi connectivity index (χ4n) is 3.77. The van der Waals surface area contributed by atoms with Gasteiger partial charge in [-0.1, -0.05) is 6.07 Å². The number of ether oxygens (including phenoxy) is 3. The summed E-state index contributed by atoms with van der Waals surface area (Å²) in [6.45, 7) is 3.79. The van der Waals surface area contributed by atoms with Crippen LogP contribution in [0, 0.1) is 0 Å². The summed E-state index contributed by atoms with van der Waals surface area (Å²) in [5, 5.41) is 13.1. The average molecular weight is 454 g/mol. The van der Waals surface area contributed by atoms with E-state index in [9.17, 15) is 19.5 Å². The summed E-state index contributed by atoms with van der Waals surface area (Å²) in [6, 6.07) is 11.1. The molecule has 2 aromatic carbocycles. The molecule has 9 nitrogen and oxygen atoms in total. The SMILES string of the molecule is CC(=O)c1ccc(OCC(O)CN2C(=O)NC(C)(c3ccc4c(c3)OCCCO4)C2=O)cc1. The lowest BCUT2D eigenvalue weighted by atomic mass is 9.91. The zero-order chi connectivity index (χ0) is 23.6. The highest BCUT2D eigenvalue weighted by molar-refractivity contribution is 6.07. The van der Waals surface area contributed by atoms with E-state index in [2.05, 4.69) is 5.32 Å². The molecular weight excluding hydrogens is 428 g/mol. The first-order valence-corrected chi connectivity index (χ1v) is 10.7. The van der Waals surface area contributed by atoms with Crippen LogP contribution in [0.4, 0.5) is 4.79 Å². The largest absolute Gasteiger partial charge is 0.491 e.